The summed E-state index contributed by atoms with van der Waals surface area (Å²) in [5, 5.41) is 6.81. The second-order valence-electron chi connectivity index (χ2n) is 12.4. The average molecular weight is 715 g/mol. The molecule has 7 rings (SSSR count). The predicted molar refractivity (Wildman–Crippen MR) is 198 cm³/mol. The lowest BCUT2D eigenvalue weighted by Crippen LogP contribution is -2.37. The number of aryl methyl sites for hydroxylation is 1. The number of carbonyl (C=O) groups excluding carboxylic acids is 4. The number of furan rings is 1. The minimum atomic E-state index is -0.165. The number of amides is 3. The van der Waals surface area contributed by atoms with Gasteiger partial charge in [-0.25, -0.2) is 0 Å². The highest BCUT2D eigenvalue weighted by Crippen LogP contribution is 2.38. The van der Waals surface area contributed by atoms with Crippen LogP contribution in [0.1, 0.15) is 57.1 Å². The molecule has 2 fully saturated rings. The van der Waals surface area contributed by atoms with E-state index in [1.54, 1.807) is 36.0 Å². The van der Waals surface area contributed by atoms with E-state index in [1.807, 2.05) is 59.1 Å². The molecule has 2 N–H and O–H groups in total. The molecule has 3 aliphatic heterocycles. The van der Waals surface area contributed by atoms with E-state index in [2.05, 4.69) is 15.6 Å². The van der Waals surface area contributed by atoms with Crippen molar-refractivity contribution in [2.75, 3.05) is 62.5 Å². The average Bonchev–Trinajstić information content (AvgIpc) is 3.88. The first-order valence-corrected chi connectivity index (χ1v) is 18.1. The summed E-state index contributed by atoms with van der Waals surface area (Å²) in [6.07, 6.45) is 6.89. The smallest absolute Gasteiger partial charge is 0.289 e. The van der Waals surface area contributed by atoms with Gasteiger partial charge in [-0.05, 0) is 55.7 Å². The van der Waals surface area contributed by atoms with Crippen LogP contribution in [0.25, 0.3) is 11.0 Å². The van der Waals surface area contributed by atoms with Crippen molar-refractivity contribution in [3.8, 4) is 11.5 Å². The largest absolute Gasteiger partial charge is 0.493 e. The topological polar surface area (TPSA) is 148 Å². The first-order chi connectivity index (χ1) is 24.8. The van der Waals surface area contributed by atoms with Gasteiger partial charge in [-0.1, -0.05) is 0 Å². The lowest BCUT2D eigenvalue weighted by atomic mass is 10.1. The summed E-state index contributed by atoms with van der Waals surface area (Å²) in [5.41, 5.74) is 3.91. The molecule has 4 aromatic rings. The van der Waals surface area contributed by atoms with Crippen LogP contribution in [0.4, 0.5) is 17.1 Å². The number of fused-ring (bicyclic) bond motifs is 3. The van der Waals surface area contributed by atoms with Gasteiger partial charge in [-0.3, -0.25) is 24.2 Å². The van der Waals surface area contributed by atoms with E-state index < -0.39 is 0 Å². The number of rotatable bonds is 10. The Labute approximate surface area is 300 Å². The van der Waals surface area contributed by atoms with Crippen LogP contribution in [-0.2, 0) is 11.8 Å². The Hall–Kier alpha value is -5.24. The lowest BCUT2D eigenvalue weighted by molar-refractivity contribution is -0.116. The molecule has 2 aromatic heterocycles. The summed E-state index contributed by atoms with van der Waals surface area (Å²) in [7, 11) is 5.14. The number of hydrogen-bond donors (Lipinski definition) is 2. The SMILES string of the molecule is CNc1ccc2oc(C(=O)N3CCSCC3)cc2c1.COc1cc2c(cc1OCCCC(=O)Nc1cc(C=O)n(C)c1)N=CC1CCCN1C2=O. The third-order valence-corrected chi connectivity index (χ3v) is 9.97. The van der Waals surface area contributed by atoms with Crippen LogP contribution in [0.5, 0.6) is 11.5 Å². The fourth-order valence-electron chi connectivity index (χ4n) is 6.25. The summed E-state index contributed by atoms with van der Waals surface area (Å²) < 4.78 is 18.6. The van der Waals surface area contributed by atoms with E-state index in [1.165, 1.54) is 7.11 Å². The summed E-state index contributed by atoms with van der Waals surface area (Å²) in [5.74, 6) is 3.20. The van der Waals surface area contributed by atoms with Crippen molar-refractivity contribution < 1.29 is 33.1 Å². The zero-order valence-electron chi connectivity index (χ0n) is 29.0. The van der Waals surface area contributed by atoms with Crippen LogP contribution in [0, 0.1) is 0 Å². The molecule has 2 saturated heterocycles. The number of aliphatic imine (C=N–C) groups is 1. The molecule has 0 radical (unpaired) electrons. The second kappa shape index (κ2) is 16.2. The molecule has 0 saturated carbocycles. The van der Waals surface area contributed by atoms with Crippen LogP contribution >= 0.6 is 11.8 Å². The predicted octanol–water partition coefficient (Wildman–Crippen LogP) is 5.63. The monoisotopic (exact) mass is 714 g/mol. The molecule has 2 aromatic carbocycles. The standard InChI is InChI=1S/C23H26N4O5.C14H16N2O2S/c1-26-13-15(9-17(26)14-28)25-22(29)6-4-8-32-21-11-19-18(10-20(21)31-2)23(30)27-7-3-5-16(27)12-24-19;1-15-11-2-3-12-10(8-11)9-13(18-12)14(17)16-4-6-19-7-5-16/h9-14,16H,3-8H2,1-2H3,(H,25,29);2-3,8-9,15H,4-7H2,1H3. The third kappa shape index (κ3) is 8.22. The van der Waals surface area contributed by atoms with Crippen molar-refractivity contribution in [3.63, 3.8) is 0 Å². The molecular formula is C37H42N6O7S. The van der Waals surface area contributed by atoms with Gasteiger partial charge < -0.3 is 38.9 Å². The van der Waals surface area contributed by atoms with Crippen LogP contribution in [0.2, 0.25) is 0 Å². The molecule has 51 heavy (non-hydrogen) atoms. The highest BCUT2D eigenvalue weighted by molar-refractivity contribution is 7.99. The molecule has 5 heterocycles. The van der Waals surface area contributed by atoms with Crippen molar-refractivity contribution in [2.45, 2.75) is 31.7 Å². The molecular weight excluding hydrogens is 673 g/mol. The van der Waals surface area contributed by atoms with Crippen molar-refractivity contribution in [3.05, 3.63) is 65.7 Å². The number of aldehydes is 1. The molecule has 0 bridgehead atoms. The number of hydrogen-bond acceptors (Lipinski definition) is 10. The second-order valence-corrected chi connectivity index (χ2v) is 13.6. The number of nitrogens with zero attached hydrogens (tertiary/aromatic N) is 4. The van der Waals surface area contributed by atoms with Crippen LogP contribution in [0.3, 0.4) is 0 Å². The first kappa shape index (κ1) is 35.6. The van der Waals surface area contributed by atoms with E-state index in [0.29, 0.717) is 52.9 Å². The maximum absolute atomic E-state index is 12.9. The van der Waals surface area contributed by atoms with Crippen LogP contribution < -0.4 is 20.1 Å². The third-order valence-electron chi connectivity index (χ3n) is 9.03. The fraction of sp³-hybridized carbons (Fsp3) is 0.378. The Bertz CT molecular complexity index is 1950. The summed E-state index contributed by atoms with van der Waals surface area (Å²) in [4.78, 5) is 56.6. The maximum atomic E-state index is 12.9. The van der Waals surface area contributed by atoms with Gasteiger partial charge in [0.2, 0.25) is 5.91 Å². The number of benzene rings is 2. The molecule has 268 valence electrons. The number of methoxy groups -OCH3 is 1. The molecule has 14 heteroatoms. The molecule has 13 nitrogen and oxygen atoms in total. The molecule has 1 unspecified atom stereocenters. The van der Waals surface area contributed by atoms with Gasteiger partial charge in [0.25, 0.3) is 11.8 Å². The van der Waals surface area contributed by atoms with Crippen molar-refractivity contribution in [1.82, 2.24) is 14.4 Å². The van der Waals surface area contributed by atoms with Gasteiger partial charge in [-0.15, -0.1) is 0 Å². The maximum Gasteiger partial charge on any atom is 0.289 e. The first-order valence-electron chi connectivity index (χ1n) is 17.0. The van der Waals surface area contributed by atoms with Gasteiger partial charge in [0.15, 0.2) is 23.5 Å². The van der Waals surface area contributed by atoms with E-state index in [-0.39, 0.29) is 30.2 Å². The van der Waals surface area contributed by atoms with Crippen molar-refractivity contribution in [2.24, 2.45) is 12.0 Å². The Morgan fingerprint density at radius 2 is 1.90 bits per heavy atom. The van der Waals surface area contributed by atoms with E-state index >= 15 is 0 Å². The fourth-order valence-corrected chi connectivity index (χ4v) is 7.16. The molecule has 3 aliphatic rings. The number of ether oxygens (including phenoxy) is 2. The Morgan fingerprint density at radius 3 is 2.65 bits per heavy atom. The van der Waals surface area contributed by atoms with E-state index in [0.717, 1.165) is 66.9 Å². The Morgan fingerprint density at radius 1 is 1.08 bits per heavy atom. The van der Waals surface area contributed by atoms with E-state index in [4.69, 9.17) is 13.9 Å². The van der Waals surface area contributed by atoms with Gasteiger partial charge >= 0.3 is 0 Å². The summed E-state index contributed by atoms with van der Waals surface area (Å²) in [6.45, 7) is 2.64. The molecule has 1 atom stereocenters. The summed E-state index contributed by atoms with van der Waals surface area (Å²) in [6, 6.07) is 12.7. The quantitative estimate of drug-likeness (QED) is 0.158. The van der Waals surface area contributed by atoms with Gasteiger partial charge in [0, 0.05) is 81.2 Å². The molecule has 3 amide bonds. The number of carbonyl (C=O) groups is 4. The normalized spacial score (nSPS) is 16.5. The van der Waals surface area contributed by atoms with Crippen LogP contribution in [0.15, 0.2) is 58.1 Å². The number of aromatic nitrogens is 1. The van der Waals surface area contributed by atoms with Crippen molar-refractivity contribution >= 4 is 70.0 Å². The Kier molecular flexibility index (Phi) is 11.3. The minimum absolute atomic E-state index is 0.00232. The van der Waals surface area contributed by atoms with Gasteiger partial charge in [-0.2, -0.15) is 11.8 Å². The number of thioether (sulfide) groups is 1. The van der Waals surface area contributed by atoms with E-state index in [9.17, 15) is 19.2 Å². The van der Waals surface area contributed by atoms with Crippen LogP contribution in [-0.4, -0.2) is 103 Å². The zero-order valence-corrected chi connectivity index (χ0v) is 29.8. The van der Waals surface area contributed by atoms with Crippen molar-refractivity contribution in [1.29, 1.82) is 0 Å². The van der Waals surface area contributed by atoms with Gasteiger partial charge in [0.1, 0.15) is 5.58 Å². The lowest BCUT2D eigenvalue weighted by Gasteiger charge is -2.25. The number of anilines is 2. The zero-order chi connectivity index (χ0) is 35.9. The number of nitrogens with one attached hydrogen (secondary N) is 2. The molecule has 0 aliphatic carbocycles. The van der Waals surface area contributed by atoms with Gasteiger partial charge in [0.05, 0.1) is 42.4 Å². The highest BCUT2D eigenvalue weighted by Gasteiger charge is 2.32. The summed E-state index contributed by atoms with van der Waals surface area (Å²) >= 11 is 1.89. The molecule has 0 spiro atoms. The highest BCUT2D eigenvalue weighted by atomic mass is 32.2. The minimum Gasteiger partial charge on any atom is -0.493 e. The Balaban J connectivity index is 0.000000200.